The van der Waals surface area contributed by atoms with Crippen molar-refractivity contribution in [2.24, 2.45) is 10.9 Å². The van der Waals surface area contributed by atoms with Gasteiger partial charge in [0.15, 0.2) is 12.0 Å². The molecule has 0 radical (unpaired) electrons. The highest BCUT2D eigenvalue weighted by Crippen LogP contribution is 2.43. The number of nitrogens with zero attached hydrogens (tertiary/aromatic N) is 3. The molecule has 0 amide bonds. The van der Waals surface area contributed by atoms with E-state index in [2.05, 4.69) is 29.9 Å². The van der Waals surface area contributed by atoms with Crippen LogP contribution in [0.3, 0.4) is 0 Å². The number of rotatable bonds is 5. The molecule has 5 nitrogen and oxygen atoms in total. The van der Waals surface area contributed by atoms with E-state index in [1.54, 1.807) is 0 Å². The summed E-state index contributed by atoms with van der Waals surface area (Å²) in [4.78, 5) is 8.15. The third kappa shape index (κ3) is 2.34. The molecule has 6 heteroatoms. The van der Waals surface area contributed by atoms with Crippen molar-refractivity contribution < 1.29 is 14.6 Å². The van der Waals surface area contributed by atoms with Crippen molar-refractivity contribution in [3.63, 3.8) is 0 Å². The van der Waals surface area contributed by atoms with Crippen LogP contribution in [0.15, 0.2) is 30.1 Å². The van der Waals surface area contributed by atoms with Crippen LogP contribution in [-0.4, -0.2) is 45.4 Å². The van der Waals surface area contributed by atoms with E-state index >= 15 is 0 Å². The number of halogens is 1. The van der Waals surface area contributed by atoms with Crippen LogP contribution in [0.4, 0.5) is 10.2 Å². The Morgan fingerprint density at radius 3 is 2.71 bits per heavy atom. The van der Waals surface area contributed by atoms with Gasteiger partial charge in [-0.05, 0) is 24.3 Å². The lowest BCUT2D eigenvalue weighted by Gasteiger charge is -2.18. The van der Waals surface area contributed by atoms with Gasteiger partial charge in [-0.15, -0.1) is 0 Å². The van der Waals surface area contributed by atoms with Gasteiger partial charge in [0.2, 0.25) is 0 Å². The first kappa shape index (κ1) is 15.6. The van der Waals surface area contributed by atoms with Crippen LogP contribution in [0.5, 0.6) is 0 Å². The molecule has 1 aliphatic carbocycles. The Labute approximate surface area is 123 Å². The van der Waals surface area contributed by atoms with Gasteiger partial charge >= 0.3 is 0 Å². The highest BCUT2D eigenvalue weighted by atomic mass is 19.1. The maximum atomic E-state index is 14.4. The quantitative estimate of drug-likeness (QED) is 0.645. The summed E-state index contributed by atoms with van der Waals surface area (Å²) in [5, 5.41) is 19.2. The summed E-state index contributed by atoms with van der Waals surface area (Å²) in [5.74, 6) is -0.288. The van der Waals surface area contributed by atoms with Crippen molar-refractivity contribution >= 4 is 18.1 Å². The van der Waals surface area contributed by atoms with E-state index in [0.717, 1.165) is 5.57 Å². The van der Waals surface area contributed by atoms with E-state index in [1.807, 2.05) is 6.92 Å². The second-order valence-corrected chi connectivity index (χ2v) is 5.18. The molecule has 1 saturated carbocycles. The Kier molecular flexibility index (Phi) is 4.39. The van der Waals surface area contributed by atoms with Gasteiger partial charge < -0.3 is 14.8 Å². The van der Waals surface area contributed by atoms with Crippen molar-refractivity contribution in [3.05, 3.63) is 30.8 Å². The highest BCUT2D eigenvalue weighted by Gasteiger charge is 2.47. The second kappa shape index (κ2) is 5.91. The van der Waals surface area contributed by atoms with Gasteiger partial charge in [-0.2, -0.15) is 0 Å². The van der Waals surface area contributed by atoms with Crippen molar-refractivity contribution in [1.82, 2.24) is 9.55 Å². The lowest BCUT2D eigenvalue weighted by atomic mass is 10.0. The molecular formula is C15H20FN3O2. The molecule has 1 aliphatic rings. The molecule has 2 N–H and O–H groups in total. The van der Waals surface area contributed by atoms with Gasteiger partial charge in [0.05, 0.1) is 25.1 Å². The number of allylic oxidation sites excluding steroid dienone is 1. The number of hydrogen-bond donors (Lipinski definition) is 2. The van der Waals surface area contributed by atoms with Gasteiger partial charge in [0.25, 0.3) is 0 Å². The molecule has 4 atom stereocenters. The molecule has 1 fully saturated rings. The van der Waals surface area contributed by atoms with Crippen LogP contribution in [0.25, 0.3) is 5.57 Å². The Morgan fingerprint density at radius 2 is 2.24 bits per heavy atom. The number of aliphatic hydroxyl groups excluding tert-OH is 2. The molecule has 0 aliphatic heterocycles. The van der Waals surface area contributed by atoms with E-state index in [0.29, 0.717) is 23.5 Å². The fourth-order valence-electron chi connectivity index (χ4n) is 2.74. The maximum absolute atomic E-state index is 14.4. The van der Waals surface area contributed by atoms with Gasteiger partial charge in [-0.25, -0.2) is 14.4 Å². The monoisotopic (exact) mass is 293 g/mol. The number of alkyl halides is 1. The summed E-state index contributed by atoms with van der Waals surface area (Å²) in [7, 11) is 0. The SMILES string of the molecule is C=Nc1c(C(=C)CC)ncn1C1C(=C)C(CO)C(O)C1F. The highest BCUT2D eigenvalue weighted by molar-refractivity contribution is 5.69. The van der Waals surface area contributed by atoms with Gasteiger partial charge in [-0.1, -0.05) is 20.1 Å². The molecular weight excluding hydrogens is 273 g/mol. The zero-order valence-corrected chi connectivity index (χ0v) is 12.0. The maximum Gasteiger partial charge on any atom is 0.160 e. The van der Waals surface area contributed by atoms with E-state index in [4.69, 9.17) is 0 Å². The fourth-order valence-corrected chi connectivity index (χ4v) is 2.74. The van der Waals surface area contributed by atoms with Crippen LogP contribution in [0, 0.1) is 5.92 Å². The summed E-state index contributed by atoms with van der Waals surface area (Å²) in [6.07, 6.45) is -0.723. The minimum atomic E-state index is -1.58. The third-order valence-electron chi connectivity index (χ3n) is 4.07. The van der Waals surface area contributed by atoms with Crippen LogP contribution < -0.4 is 0 Å². The average molecular weight is 293 g/mol. The topological polar surface area (TPSA) is 70.6 Å². The molecule has 0 saturated heterocycles. The number of aliphatic hydroxyl groups is 2. The van der Waals surface area contributed by atoms with Crippen molar-refractivity contribution in [2.45, 2.75) is 31.7 Å². The van der Waals surface area contributed by atoms with Crippen molar-refractivity contribution in [2.75, 3.05) is 6.61 Å². The first-order chi connectivity index (χ1) is 9.97. The van der Waals surface area contributed by atoms with E-state index in [1.165, 1.54) is 10.9 Å². The Morgan fingerprint density at radius 1 is 1.57 bits per heavy atom. The predicted octanol–water partition coefficient (Wildman–Crippen LogP) is 2.06. The molecule has 2 rings (SSSR count). The van der Waals surface area contributed by atoms with Crippen LogP contribution >= 0.6 is 0 Å². The van der Waals surface area contributed by atoms with Crippen molar-refractivity contribution in [3.8, 4) is 0 Å². The Bertz CT molecular complexity index is 581. The molecule has 4 unspecified atom stereocenters. The Balaban J connectivity index is 2.47. The lowest BCUT2D eigenvalue weighted by molar-refractivity contribution is 0.0425. The van der Waals surface area contributed by atoms with Gasteiger partial charge in [0, 0.05) is 5.92 Å². The first-order valence-electron chi connectivity index (χ1n) is 6.81. The van der Waals surface area contributed by atoms with E-state index in [9.17, 15) is 14.6 Å². The zero-order valence-electron chi connectivity index (χ0n) is 12.0. The lowest BCUT2D eigenvalue weighted by Crippen LogP contribution is -2.26. The summed E-state index contributed by atoms with van der Waals surface area (Å²) in [6, 6.07) is -0.816. The molecule has 1 aromatic rings. The minimum Gasteiger partial charge on any atom is -0.396 e. The molecule has 21 heavy (non-hydrogen) atoms. The van der Waals surface area contributed by atoms with Crippen LogP contribution in [-0.2, 0) is 0 Å². The molecule has 1 heterocycles. The van der Waals surface area contributed by atoms with Gasteiger partial charge in [-0.3, -0.25) is 0 Å². The fraction of sp³-hybridized carbons (Fsp3) is 0.467. The molecule has 1 aromatic heterocycles. The summed E-state index contributed by atoms with van der Waals surface area (Å²) < 4.78 is 15.9. The first-order valence-corrected chi connectivity index (χ1v) is 6.81. The number of hydrogen-bond acceptors (Lipinski definition) is 4. The molecule has 0 bridgehead atoms. The Hall–Kier alpha value is -1.79. The van der Waals surface area contributed by atoms with Crippen LogP contribution in [0.2, 0.25) is 0 Å². The minimum absolute atomic E-state index is 0.350. The zero-order chi connectivity index (χ0) is 15.7. The summed E-state index contributed by atoms with van der Waals surface area (Å²) in [5.41, 5.74) is 1.76. The summed E-state index contributed by atoms with van der Waals surface area (Å²) >= 11 is 0. The average Bonchev–Trinajstić information content (AvgIpc) is 2.98. The van der Waals surface area contributed by atoms with Crippen molar-refractivity contribution in [1.29, 1.82) is 0 Å². The number of imidazole rings is 1. The molecule has 0 aromatic carbocycles. The van der Waals surface area contributed by atoms with E-state index < -0.39 is 24.2 Å². The number of aliphatic imine (C=N–C) groups is 1. The molecule has 114 valence electrons. The smallest absolute Gasteiger partial charge is 0.160 e. The number of aromatic nitrogens is 2. The predicted molar refractivity (Wildman–Crippen MR) is 80.4 cm³/mol. The van der Waals surface area contributed by atoms with Gasteiger partial charge in [0.1, 0.15) is 5.69 Å². The second-order valence-electron chi connectivity index (χ2n) is 5.18. The largest absolute Gasteiger partial charge is 0.396 e. The van der Waals surface area contributed by atoms with E-state index in [-0.39, 0.29) is 6.61 Å². The third-order valence-corrected chi connectivity index (χ3v) is 4.07. The molecule has 0 spiro atoms. The normalized spacial score (nSPS) is 28.9. The van der Waals surface area contributed by atoms with Crippen LogP contribution in [0.1, 0.15) is 25.1 Å². The summed E-state index contributed by atoms with van der Waals surface area (Å²) in [6.45, 7) is 12.8. The standard InChI is InChI=1S/C15H20FN3O2/c1-5-8(2)12-15(17-4)19(7-18-12)13-9(3)10(6-20)14(21)11(13)16/h7,10-11,13-14,20-21H,2-6H2,1H3.